The van der Waals surface area contributed by atoms with Crippen LogP contribution in [0.3, 0.4) is 0 Å². The van der Waals surface area contributed by atoms with E-state index in [9.17, 15) is 13.6 Å². The maximum atomic E-state index is 13.0. The molecule has 1 aromatic rings. The minimum Gasteiger partial charge on any atom is -0.486 e. The second kappa shape index (κ2) is 9.93. The van der Waals surface area contributed by atoms with Gasteiger partial charge in [0.15, 0.2) is 11.5 Å². The number of carbonyl (C=O) groups excluding carboxylic acids is 1. The Hall–Kier alpha value is -2.63. The summed E-state index contributed by atoms with van der Waals surface area (Å²) in [6, 6.07) is 4.85. The molecule has 2 amide bonds. The van der Waals surface area contributed by atoms with Gasteiger partial charge in [-0.25, -0.2) is 4.79 Å². The number of amides is 2. The van der Waals surface area contributed by atoms with Crippen molar-refractivity contribution in [2.24, 2.45) is 0 Å². The predicted molar refractivity (Wildman–Crippen MR) is 116 cm³/mol. The first-order chi connectivity index (χ1) is 16.5. The molecular formula is C23H29F2N3O6. The number of hydroxylamine groups is 1. The van der Waals surface area contributed by atoms with Gasteiger partial charge >= 0.3 is 12.6 Å². The highest BCUT2D eigenvalue weighted by molar-refractivity contribution is 5.74. The van der Waals surface area contributed by atoms with E-state index in [-0.39, 0.29) is 23.6 Å². The van der Waals surface area contributed by atoms with E-state index in [1.54, 1.807) is 17.0 Å². The van der Waals surface area contributed by atoms with Crippen molar-refractivity contribution in [1.29, 1.82) is 0 Å². The van der Waals surface area contributed by atoms with Gasteiger partial charge in [-0.3, -0.25) is 10.3 Å². The van der Waals surface area contributed by atoms with E-state index in [1.807, 2.05) is 11.0 Å². The minimum absolute atomic E-state index is 0.00883. The number of hydrogen-bond acceptors (Lipinski definition) is 7. The monoisotopic (exact) mass is 481 g/mol. The molecule has 0 radical (unpaired) electrons. The molecule has 4 heterocycles. The highest BCUT2D eigenvalue weighted by Crippen LogP contribution is 2.37. The number of alkyl halides is 2. The van der Waals surface area contributed by atoms with Crippen molar-refractivity contribution < 1.29 is 37.4 Å². The normalized spacial score (nSPS) is 25.6. The van der Waals surface area contributed by atoms with E-state index in [4.69, 9.17) is 23.8 Å². The van der Waals surface area contributed by atoms with Gasteiger partial charge in [0, 0.05) is 57.6 Å². The van der Waals surface area contributed by atoms with Crippen molar-refractivity contribution in [2.45, 2.75) is 37.6 Å². The summed E-state index contributed by atoms with van der Waals surface area (Å²) in [5.41, 5.74) is 3.88. The third-order valence-corrected chi connectivity index (χ3v) is 6.55. The lowest BCUT2D eigenvalue weighted by atomic mass is 10.0. The first-order valence-corrected chi connectivity index (χ1v) is 11.6. The standard InChI is InChI=1S/C23H29F2N3O6/c24-21(25)33-19-2-1-16(18-14-23(34-26-18)5-10-31-15-23)13-20(19)32-17-3-6-27(7-4-17)22(29)28-8-11-30-12-9-28/h1-2,13-14,17,21,26H,3-12,15H2. The number of urea groups is 1. The lowest BCUT2D eigenvalue weighted by molar-refractivity contribution is -0.0525. The van der Waals surface area contributed by atoms with Crippen LogP contribution in [0.2, 0.25) is 0 Å². The minimum atomic E-state index is -2.97. The fourth-order valence-corrected chi connectivity index (χ4v) is 4.64. The summed E-state index contributed by atoms with van der Waals surface area (Å²) in [5, 5.41) is 0. The van der Waals surface area contributed by atoms with Crippen LogP contribution in [0, 0.1) is 0 Å². The largest absolute Gasteiger partial charge is 0.486 e. The van der Waals surface area contributed by atoms with Gasteiger partial charge in [0.25, 0.3) is 0 Å². The van der Waals surface area contributed by atoms with Gasteiger partial charge in [0.1, 0.15) is 11.7 Å². The van der Waals surface area contributed by atoms with E-state index in [1.165, 1.54) is 6.07 Å². The molecule has 34 heavy (non-hydrogen) atoms. The number of ether oxygens (including phenoxy) is 4. The van der Waals surface area contributed by atoms with Crippen LogP contribution in [0.25, 0.3) is 5.70 Å². The molecule has 0 bridgehead atoms. The zero-order chi connectivity index (χ0) is 23.5. The first kappa shape index (κ1) is 23.1. The van der Waals surface area contributed by atoms with E-state index < -0.39 is 12.2 Å². The molecule has 186 valence electrons. The number of hydrogen-bond donors (Lipinski definition) is 1. The molecule has 11 heteroatoms. The fraction of sp³-hybridized carbons (Fsp3) is 0.609. The van der Waals surface area contributed by atoms with Gasteiger partial charge in [-0.2, -0.15) is 8.78 Å². The Balaban J connectivity index is 1.26. The van der Waals surface area contributed by atoms with E-state index in [0.29, 0.717) is 65.4 Å². The molecular weight excluding hydrogens is 452 g/mol. The van der Waals surface area contributed by atoms with Crippen LogP contribution in [-0.2, 0) is 14.3 Å². The summed E-state index contributed by atoms with van der Waals surface area (Å²) in [4.78, 5) is 22.1. The Morgan fingerprint density at radius 1 is 1.06 bits per heavy atom. The number of likely N-dealkylation sites (tertiary alicyclic amines) is 1. The second-order valence-electron chi connectivity index (χ2n) is 8.86. The molecule has 0 aromatic heterocycles. The van der Waals surface area contributed by atoms with E-state index in [0.717, 1.165) is 17.7 Å². The van der Waals surface area contributed by atoms with Crippen molar-refractivity contribution >= 4 is 11.7 Å². The molecule has 0 aliphatic carbocycles. The van der Waals surface area contributed by atoms with Gasteiger partial charge < -0.3 is 28.7 Å². The molecule has 3 fully saturated rings. The Kier molecular flexibility index (Phi) is 6.75. The summed E-state index contributed by atoms with van der Waals surface area (Å²) in [6.45, 7) is 1.48. The smallest absolute Gasteiger partial charge is 0.387 e. The summed E-state index contributed by atoms with van der Waals surface area (Å²) in [5.74, 6) is 0.214. The zero-order valence-corrected chi connectivity index (χ0v) is 18.8. The van der Waals surface area contributed by atoms with Gasteiger partial charge in [-0.15, -0.1) is 0 Å². The number of carbonyl (C=O) groups is 1. The quantitative estimate of drug-likeness (QED) is 0.693. The number of nitrogens with zero attached hydrogens (tertiary/aromatic N) is 2. The number of piperidine rings is 1. The zero-order valence-electron chi connectivity index (χ0n) is 18.8. The van der Waals surface area contributed by atoms with Crippen molar-refractivity contribution in [1.82, 2.24) is 15.3 Å². The lowest BCUT2D eigenvalue weighted by Crippen LogP contribution is -2.51. The molecule has 1 spiro atoms. The molecule has 5 rings (SSSR count). The fourth-order valence-electron chi connectivity index (χ4n) is 4.64. The summed E-state index contributed by atoms with van der Waals surface area (Å²) in [6.07, 6.45) is 3.67. The van der Waals surface area contributed by atoms with Crippen LogP contribution >= 0.6 is 0 Å². The molecule has 3 saturated heterocycles. The molecule has 1 aromatic carbocycles. The molecule has 0 saturated carbocycles. The van der Waals surface area contributed by atoms with Crippen LogP contribution < -0.4 is 15.0 Å². The highest BCUT2D eigenvalue weighted by atomic mass is 19.3. The molecule has 1 unspecified atom stereocenters. The van der Waals surface area contributed by atoms with Crippen LogP contribution in [0.1, 0.15) is 24.8 Å². The van der Waals surface area contributed by atoms with Crippen molar-refractivity contribution in [3.63, 3.8) is 0 Å². The molecule has 9 nitrogen and oxygen atoms in total. The Morgan fingerprint density at radius 3 is 2.53 bits per heavy atom. The topological polar surface area (TPSA) is 81.7 Å². The SMILES string of the molecule is O=C(N1CCOCC1)N1CCC(Oc2cc(C3=CC4(CCOC4)ON3)ccc2OC(F)F)CC1. The Labute approximate surface area is 196 Å². The van der Waals surface area contributed by atoms with Crippen LogP contribution in [0.15, 0.2) is 24.3 Å². The maximum Gasteiger partial charge on any atom is 0.387 e. The summed E-state index contributed by atoms with van der Waals surface area (Å²) in [7, 11) is 0. The Morgan fingerprint density at radius 2 is 1.82 bits per heavy atom. The van der Waals surface area contributed by atoms with Gasteiger partial charge in [0.05, 0.1) is 25.5 Å². The lowest BCUT2D eigenvalue weighted by Gasteiger charge is -2.37. The predicted octanol–water partition coefficient (Wildman–Crippen LogP) is 2.62. The van der Waals surface area contributed by atoms with Gasteiger partial charge in [-0.1, -0.05) is 0 Å². The number of nitrogens with one attached hydrogen (secondary N) is 1. The van der Waals surface area contributed by atoms with E-state index in [2.05, 4.69) is 5.48 Å². The number of morpholine rings is 1. The average molecular weight is 481 g/mol. The summed E-state index contributed by atoms with van der Waals surface area (Å²) >= 11 is 0. The number of rotatable bonds is 5. The number of halogens is 2. The summed E-state index contributed by atoms with van der Waals surface area (Å²) < 4.78 is 47.6. The van der Waals surface area contributed by atoms with Crippen molar-refractivity contribution in [3.05, 3.63) is 29.8 Å². The van der Waals surface area contributed by atoms with Crippen molar-refractivity contribution in [3.8, 4) is 11.5 Å². The molecule has 1 N–H and O–H groups in total. The Bertz CT molecular complexity index is 910. The van der Waals surface area contributed by atoms with Crippen LogP contribution in [0.4, 0.5) is 13.6 Å². The average Bonchev–Trinajstić information content (AvgIpc) is 3.50. The molecule has 1 atom stereocenters. The second-order valence-corrected chi connectivity index (χ2v) is 8.86. The van der Waals surface area contributed by atoms with Gasteiger partial charge in [0.2, 0.25) is 0 Å². The van der Waals surface area contributed by atoms with Crippen molar-refractivity contribution in [2.75, 3.05) is 52.6 Å². The third-order valence-electron chi connectivity index (χ3n) is 6.55. The molecule has 4 aliphatic rings. The van der Waals surface area contributed by atoms with Crippen LogP contribution in [-0.4, -0.2) is 86.8 Å². The van der Waals surface area contributed by atoms with Crippen LogP contribution in [0.5, 0.6) is 11.5 Å². The van der Waals surface area contributed by atoms with Gasteiger partial charge in [-0.05, 0) is 24.3 Å². The highest BCUT2D eigenvalue weighted by Gasteiger charge is 2.39. The maximum absolute atomic E-state index is 13.0. The van der Waals surface area contributed by atoms with E-state index >= 15 is 0 Å². The first-order valence-electron chi connectivity index (χ1n) is 11.6. The third kappa shape index (κ3) is 5.06. The number of benzene rings is 1. The molecule has 4 aliphatic heterocycles.